The lowest BCUT2D eigenvalue weighted by molar-refractivity contribution is -0.115. The topological polar surface area (TPSA) is 59.1 Å². The van der Waals surface area contributed by atoms with Gasteiger partial charge < -0.3 is 5.32 Å². The number of thiophene rings is 1. The van der Waals surface area contributed by atoms with E-state index in [1.807, 2.05) is 47.2 Å². The van der Waals surface area contributed by atoms with Crippen molar-refractivity contribution in [1.29, 1.82) is 0 Å². The number of amides is 1. The molecule has 0 saturated carbocycles. The van der Waals surface area contributed by atoms with Crippen LogP contribution in [0, 0.1) is 0 Å². The first-order valence-corrected chi connectivity index (χ1v) is 10.9. The van der Waals surface area contributed by atoms with Crippen LogP contribution in [0.4, 0.5) is 5.69 Å². The molecule has 2 aromatic heterocycles. The Morgan fingerprint density at radius 1 is 1.15 bits per heavy atom. The normalized spacial score (nSPS) is 10.7. The molecule has 1 aromatic carbocycles. The standard InChI is InChI=1S/C19H18N2O2S3/c1-2-13-5-7-14(8-6-13)20-18(23)10-15-11-25-19(21-15)26-12-16(22)17-4-3-9-24-17/h3-9,11H,2,10,12H2,1H3,(H,20,23). The van der Waals surface area contributed by atoms with Crippen molar-refractivity contribution >= 4 is 51.8 Å². The van der Waals surface area contributed by atoms with Gasteiger partial charge in [-0.25, -0.2) is 4.98 Å². The van der Waals surface area contributed by atoms with E-state index >= 15 is 0 Å². The Bertz CT molecular complexity index is 871. The van der Waals surface area contributed by atoms with Crippen molar-refractivity contribution in [2.45, 2.75) is 24.1 Å². The number of aryl methyl sites for hydroxylation is 1. The minimum Gasteiger partial charge on any atom is -0.326 e. The Morgan fingerprint density at radius 3 is 2.65 bits per heavy atom. The first kappa shape index (κ1) is 18.8. The molecule has 0 spiro atoms. The highest BCUT2D eigenvalue weighted by molar-refractivity contribution is 8.01. The fraction of sp³-hybridized carbons (Fsp3) is 0.211. The lowest BCUT2D eigenvalue weighted by Crippen LogP contribution is -2.14. The van der Waals surface area contributed by atoms with E-state index in [1.165, 1.54) is 40.0 Å². The molecule has 0 aliphatic rings. The summed E-state index contributed by atoms with van der Waals surface area (Å²) in [6, 6.07) is 11.6. The summed E-state index contributed by atoms with van der Waals surface area (Å²) in [6.07, 6.45) is 1.20. The van der Waals surface area contributed by atoms with Crippen molar-refractivity contribution in [3.63, 3.8) is 0 Å². The second-order valence-electron chi connectivity index (χ2n) is 5.57. The zero-order valence-corrected chi connectivity index (χ0v) is 16.7. The van der Waals surface area contributed by atoms with Gasteiger partial charge in [-0.05, 0) is 35.6 Å². The number of carbonyl (C=O) groups is 2. The van der Waals surface area contributed by atoms with Crippen LogP contribution >= 0.6 is 34.4 Å². The average Bonchev–Trinajstić information content (AvgIpc) is 3.32. The minimum absolute atomic E-state index is 0.0919. The summed E-state index contributed by atoms with van der Waals surface area (Å²) in [5.41, 5.74) is 2.75. The Balaban J connectivity index is 1.49. The van der Waals surface area contributed by atoms with E-state index in [0.717, 1.165) is 27.0 Å². The van der Waals surface area contributed by atoms with Crippen molar-refractivity contribution in [3.05, 3.63) is 63.3 Å². The third-order valence-electron chi connectivity index (χ3n) is 3.64. The second kappa shape index (κ2) is 9.12. The van der Waals surface area contributed by atoms with Gasteiger partial charge in [-0.15, -0.1) is 22.7 Å². The number of thiazole rings is 1. The second-order valence-corrected chi connectivity index (χ2v) is 8.60. The van der Waals surface area contributed by atoms with Crippen LogP contribution in [0.1, 0.15) is 27.9 Å². The Hall–Kier alpha value is -1.96. The van der Waals surface area contributed by atoms with E-state index in [0.29, 0.717) is 5.75 Å². The first-order chi connectivity index (χ1) is 12.6. The van der Waals surface area contributed by atoms with Crippen LogP contribution in [0.2, 0.25) is 0 Å². The van der Waals surface area contributed by atoms with E-state index < -0.39 is 0 Å². The summed E-state index contributed by atoms with van der Waals surface area (Å²) in [6.45, 7) is 2.10. The third-order valence-corrected chi connectivity index (χ3v) is 6.62. The van der Waals surface area contributed by atoms with Crippen molar-refractivity contribution in [3.8, 4) is 0 Å². The van der Waals surface area contributed by atoms with Crippen LogP contribution in [0.3, 0.4) is 0 Å². The number of aromatic nitrogens is 1. The summed E-state index contributed by atoms with van der Waals surface area (Å²) < 4.78 is 0.810. The molecule has 1 amide bonds. The van der Waals surface area contributed by atoms with Crippen molar-refractivity contribution in [2.75, 3.05) is 11.1 Å². The van der Waals surface area contributed by atoms with E-state index in [1.54, 1.807) is 0 Å². The number of hydrogen-bond donors (Lipinski definition) is 1. The van der Waals surface area contributed by atoms with E-state index in [-0.39, 0.29) is 18.1 Å². The first-order valence-electron chi connectivity index (χ1n) is 8.16. The molecule has 0 unspecified atom stereocenters. The molecule has 4 nitrogen and oxygen atoms in total. The number of anilines is 1. The summed E-state index contributed by atoms with van der Waals surface area (Å²) in [4.78, 5) is 29.4. The van der Waals surface area contributed by atoms with Gasteiger partial charge in [0.05, 0.1) is 22.7 Å². The molecule has 0 saturated heterocycles. The van der Waals surface area contributed by atoms with Gasteiger partial charge in [0.15, 0.2) is 10.1 Å². The fourth-order valence-electron chi connectivity index (χ4n) is 2.26. The molecule has 0 atom stereocenters. The molecular formula is C19H18N2O2S3. The summed E-state index contributed by atoms with van der Waals surface area (Å²) in [5, 5.41) is 6.66. The van der Waals surface area contributed by atoms with Crippen LogP contribution in [-0.2, 0) is 17.6 Å². The molecular weight excluding hydrogens is 384 g/mol. The van der Waals surface area contributed by atoms with Crippen LogP contribution in [0.25, 0.3) is 0 Å². The summed E-state index contributed by atoms with van der Waals surface area (Å²) in [5.74, 6) is 0.379. The maximum Gasteiger partial charge on any atom is 0.230 e. The van der Waals surface area contributed by atoms with Gasteiger partial charge in [0.25, 0.3) is 0 Å². The van der Waals surface area contributed by atoms with Crippen LogP contribution < -0.4 is 5.32 Å². The summed E-state index contributed by atoms with van der Waals surface area (Å²) >= 11 is 4.33. The molecule has 3 rings (SSSR count). The van der Waals surface area contributed by atoms with E-state index in [2.05, 4.69) is 17.2 Å². The Kier molecular flexibility index (Phi) is 6.60. The van der Waals surface area contributed by atoms with Crippen LogP contribution in [-0.4, -0.2) is 22.4 Å². The number of benzene rings is 1. The molecule has 1 N–H and O–H groups in total. The van der Waals surface area contributed by atoms with Gasteiger partial charge in [0.1, 0.15) is 0 Å². The quantitative estimate of drug-likeness (QED) is 0.429. The van der Waals surface area contributed by atoms with Gasteiger partial charge >= 0.3 is 0 Å². The largest absolute Gasteiger partial charge is 0.326 e. The van der Waals surface area contributed by atoms with Crippen LogP contribution in [0.5, 0.6) is 0 Å². The molecule has 0 aliphatic carbocycles. The molecule has 26 heavy (non-hydrogen) atoms. The molecule has 7 heteroatoms. The Labute approximate surface area is 164 Å². The number of nitrogens with zero attached hydrogens (tertiary/aromatic N) is 1. The predicted octanol–water partition coefficient (Wildman–Crippen LogP) is 4.92. The maximum absolute atomic E-state index is 12.2. The van der Waals surface area contributed by atoms with Crippen LogP contribution in [0.15, 0.2) is 51.5 Å². The fourth-order valence-corrected chi connectivity index (χ4v) is 4.75. The molecule has 0 bridgehead atoms. The number of carbonyl (C=O) groups excluding carboxylic acids is 2. The van der Waals surface area contributed by atoms with Crippen molar-refractivity contribution in [2.24, 2.45) is 0 Å². The average molecular weight is 403 g/mol. The predicted molar refractivity (Wildman–Crippen MR) is 110 cm³/mol. The van der Waals surface area contributed by atoms with Crippen molar-refractivity contribution in [1.82, 2.24) is 4.98 Å². The van der Waals surface area contributed by atoms with Gasteiger partial charge in [0.2, 0.25) is 5.91 Å². The van der Waals surface area contributed by atoms with E-state index in [4.69, 9.17) is 0 Å². The SMILES string of the molecule is CCc1ccc(NC(=O)Cc2csc(SCC(=O)c3cccs3)n2)cc1. The lowest BCUT2D eigenvalue weighted by atomic mass is 10.1. The molecule has 0 radical (unpaired) electrons. The zero-order chi connectivity index (χ0) is 18.4. The smallest absolute Gasteiger partial charge is 0.230 e. The highest BCUT2D eigenvalue weighted by atomic mass is 32.2. The number of rotatable bonds is 8. The highest BCUT2D eigenvalue weighted by Crippen LogP contribution is 2.24. The van der Waals surface area contributed by atoms with Gasteiger partial charge in [-0.3, -0.25) is 9.59 Å². The van der Waals surface area contributed by atoms with Gasteiger partial charge in [-0.1, -0.05) is 36.9 Å². The van der Waals surface area contributed by atoms with E-state index in [9.17, 15) is 9.59 Å². The molecule has 134 valence electrons. The summed E-state index contributed by atoms with van der Waals surface area (Å²) in [7, 11) is 0. The third kappa shape index (κ3) is 5.27. The molecule has 0 fully saturated rings. The molecule has 0 aliphatic heterocycles. The van der Waals surface area contributed by atoms with Gasteiger partial charge in [-0.2, -0.15) is 0 Å². The zero-order valence-electron chi connectivity index (χ0n) is 14.2. The Morgan fingerprint density at radius 2 is 1.96 bits per heavy atom. The molecule has 2 heterocycles. The van der Waals surface area contributed by atoms with Crippen molar-refractivity contribution < 1.29 is 9.59 Å². The molecule has 3 aromatic rings. The minimum atomic E-state index is -0.0919. The number of hydrogen-bond acceptors (Lipinski definition) is 6. The number of thioether (sulfide) groups is 1. The number of ketones is 1. The maximum atomic E-state index is 12.2. The monoisotopic (exact) mass is 402 g/mol. The lowest BCUT2D eigenvalue weighted by Gasteiger charge is -2.05. The van der Waals surface area contributed by atoms with Gasteiger partial charge in [0, 0.05) is 11.1 Å². The highest BCUT2D eigenvalue weighted by Gasteiger charge is 2.12. The number of Topliss-reactive ketones (excluding diaryl/α,β-unsaturated/α-hetero) is 1. The number of nitrogens with one attached hydrogen (secondary N) is 1.